The number of aryl methyl sites for hydroxylation is 1. The lowest BCUT2D eigenvalue weighted by atomic mass is 10.1. The van der Waals surface area contributed by atoms with Crippen LogP contribution in [0.4, 0.5) is 5.82 Å². The Morgan fingerprint density at radius 1 is 1.16 bits per heavy atom. The average molecular weight is 428 g/mol. The molecule has 0 fully saturated rings. The fourth-order valence-corrected chi connectivity index (χ4v) is 4.16. The Labute approximate surface area is 186 Å². The zero-order chi connectivity index (χ0) is 21.9. The topological polar surface area (TPSA) is 115 Å². The summed E-state index contributed by atoms with van der Waals surface area (Å²) >= 11 is 0. The maximum Gasteiger partial charge on any atom is 0.203 e. The van der Waals surface area contributed by atoms with E-state index in [4.69, 9.17) is 15.5 Å². The summed E-state index contributed by atoms with van der Waals surface area (Å²) in [6, 6.07) is 17.4. The van der Waals surface area contributed by atoms with Crippen molar-refractivity contribution in [2.75, 3.05) is 12.8 Å². The van der Waals surface area contributed by atoms with Crippen molar-refractivity contribution >= 4 is 5.82 Å². The van der Waals surface area contributed by atoms with Gasteiger partial charge in [0.05, 0.1) is 11.9 Å². The molecule has 0 unspecified atom stereocenters. The number of nitrogen functional groups attached to an aromatic ring is 1. The van der Waals surface area contributed by atoms with E-state index in [1.54, 1.807) is 13.3 Å². The molecule has 2 aromatic heterocycles. The molecule has 0 saturated heterocycles. The molecule has 1 aliphatic carbocycles. The van der Waals surface area contributed by atoms with Crippen molar-refractivity contribution in [3.8, 4) is 22.8 Å². The van der Waals surface area contributed by atoms with E-state index in [9.17, 15) is 0 Å². The van der Waals surface area contributed by atoms with Crippen LogP contribution in [0.15, 0.2) is 54.7 Å². The number of methoxy groups -OCH3 is 1. The molecule has 32 heavy (non-hydrogen) atoms. The molecule has 0 radical (unpaired) electrons. The van der Waals surface area contributed by atoms with Gasteiger partial charge in [0, 0.05) is 25.3 Å². The summed E-state index contributed by atoms with van der Waals surface area (Å²) in [6.07, 6.45) is 3.94. The predicted molar refractivity (Wildman–Crippen MR) is 122 cm³/mol. The Hall–Kier alpha value is -3.62. The van der Waals surface area contributed by atoms with Gasteiger partial charge < -0.3 is 15.8 Å². The minimum atomic E-state index is 0.287. The van der Waals surface area contributed by atoms with E-state index in [-0.39, 0.29) is 5.82 Å². The molecule has 5 rings (SSSR count). The number of anilines is 1. The second-order valence-corrected chi connectivity index (χ2v) is 7.90. The van der Waals surface area contributed by atoms with Crippen LogP contribution < -0.4 is 11.1 Å². The van der Waals surface area contributed by atoms with Crippen LogP contribution in [-0.4, -0.2) is 32.3 Å². The first-order valence-corrected chi connectivity index (χ1v) is 10.6. The normalized spacial score (nSPS) is 15.1. The Morgan fingerprint density at radius 3 is 2.97 bits per heavy atom. The molecule has 4 aromatic rings. The minimum Gasteiger partial charge on any atom is -0.382 e. The van der Waals surface area contributed by atoms with Gasteiger partial charge in [-0.3, -0.25) is 5.10 Å². The molecule has 2 heterocycles. The zero-order valence-corrected chi connectivity index (χ0v) is 17.9. The Kier molecular flexibility index (Phi) is 5.62. The van der Waals surface area contributed by atoms with Crippen LogP contribution in [0.2, 0.25) is 0 Å². The van der Waals surface area contributed by atoms with Crippen molar-refractivity contribution in [3.05, 3.63) is 77.2 Å². The highest BCUT2D eigenvalue weighted by Gasteiger charge is 2.21. The van der Waals surface area contributed by atoms with E-state index in [2.05, 4.69) is 61.9 Å². The van der Waals surface area contributed by atoms with E-state index in [1.165, 1.54) is 16.7 Å². The highest BCUT2D eigenvalue weighted by Crippen LogP contribution is 2.31. The first kappa shape index (κ1) is 20.3. The second kappa shape index (κ2) is 8.86. The first-order valence-electron chi connectivity index (χ1n) is 10.6. The quantitative estimate of drug-likeness (QED) is 0.414. The van der Waals surface area contributed by atoms with Crippen LogP contribution in [0.1, 0.15) is 35.0 Å². The number of nitrogens with two attached hydrogens (primary N) is 1. The van der Waals surface area contributed by atoms with Gasteiger partial charge in [-0.1, -0.05) is 42.5 Å². The van der Waals surface area contributed by atoms with Crippen molar-refractivity contribution < 1.29 is 4.74 Å². The number of H-pyrrole nitrogens is 1. The zero-order valence-electron chi connectivity index (χ0n) is 17.9. The van der Waals surface area contributed by atoms with Gasteiger partial charge in [-0.05, 0) is 35.6 Å². The van der Waals surface area contributed by atoms with Gasteiger partial charge in [0.15, 0.2) is 17.3 Å². The number of ether oxygens (including phenoxy) is 1. The summed E-state index contributed by atoms with van der Waals surface area (Å²) in [6.45, 7) is 1.12. The highest BCUT2D eigenvalue weighted by molar-refractivity contribution is 5.69. The lowest BCUT2D eigenvalue weighted by molar-refractivity contribution is 0.178. The lowest BCUT2D eigenvalue weighted by Gasteiger charge is -2.14. The largest absolute Gasteiger partial charge is 0.382 e. The number of hydrogen-bond acceptors (Lipinski definition) is 7. The molecular formula is C24H25N7O. The summed E-state index contributed by atoms with van der Waals surface area (Å²) in [5.41, 5.74) is 12.3. The number of hydrogen-bond donors (Lipinski definition) is 3. The molecule has 0 aliphatic heterocycles. The molecule has 0 bridgehead atoms. The van der Waals surface area contributed by atoms with E-state index < -0.39 is 0 Å². The minimum absolute atomic E-state index is 0.287. The molecule has 2 aromatic carbocycles. The van der Waals surface area contributed by atoms with Gasteiger partial charge in [0.25, 0.3) is 0 Å². The molecular weight excluding hydrogens is 402 g/mol. The highest BCUT2D eigenvalue weighted by atomic mass is 16.5. The maximum atomic E-state index is 6.06. The summed E-state index contributed by atoms with van der Waals surface area (Å²) in [5, 5.41) is 10.7. The predicted octanol–water partition coefficient (Wildman–Crippen LogP) is 3.43. The van der Waals surface area contributed by atoms with Crippen molar-refractivity contribution in [1.82, 2.24) is 30.5 Å². The van der Waals surface area contributed by atoms with E-state index >= 15 is 0 Å². The molecule has 4 N–H and O–H groups in total. The second-order valence-electron chi connectivity index (χ2n) is 7.90. The fourth-order valence-electron chi connectivity index (χ4n) is 4.16. The molecule has 8 nitrogen and oxygen atoms in total. The van der Waals surface area contributed by atoms with Crippen molar-refractivity contribution in [2.45, 2.75) is 32.0 Å². The van der Waals surface area contributed by atoms with Crippen LogP contribution in [0.5, 0.6) is 0 Å². The number of aromatic nitrogens is 5. The van der Waals surface area contributed by atoms with E-state index in [0.29, 0.717) is 30.0 Å². The van der Waals surface area contributed by atoms with Crippen LogP contribution in [0.3, 0.4) is 0 Å². The van der Waals surface area contributed by atoms with E-state index in [0.717, 1.165) is 30.6 Å². The van der Waals surface area contributed by atoms with Gasteiger partial charge in [-0.25, -0.2) is 15.0 Å². The molecule has 0 amide bonds. The van der Waals surface area contributed by atoms with Gasteiger partial charge in [0.1, 0.15) is 6.61 Å². The number of fused-ring (bicyclic) bond motifs is 1. The van der Waals surface area contributed by atoms with Gasteiger partial charge in [-0.15, -0.1) is 0 Å². The number of nitrogens with one attached hydrogen (secondary N) is 2. The Morgan fingerprint density at radius 2 is 2.06 bits per heavy atom. The number of aromatic amines is 1. The lowest BCUT2D eigenvalue weighted by Crippen LogP contribution is -2.18. The average Bonchev–Trinajstić information content (AvgIpc) is 3.46. The van der Waals surface area contributed by atoms with Crippen molar-refractivity contribution in [2.24, 2.45) is 0 Å². The number of benzene rings is 2. The van der Waals surface area contributed by atoms with Crippen LogP contribution >= 0.6 is 0 Å². The third-order valence-electron chi connectivity index (χ3n) is 5.73. The summed E-state index contributed by atoms with van der Waals surface area (Å²) in [7, 11) is 1.60. The Balaban J connectivity index is 1.35. The van der Waals surface area contributed by atoms with Crippen LogP contribution in [-0.2, 0) is 24.3 Å². The van der Waals surface area contributed by atoms with Gasteiger partial charge in [0.2, 0.25) is 5.82 Å². The smallest absolute Gasteiger partial charge is 0.203 e. The van der Waals surface area contributed by atoms with Crippen LogP contribution in [0, 0.1) is 0 Å². The SMILES string of the molecule is COCc1nc(-c2nc(-c3cccc(CN[C@H]4CCc5ccccc54)c3)cnc2N)n[nH]1. The Bertz CT molecular complexity index is 1240. The van der Waals surface area contributed by atoms with E-state index in [1.807, 2.05) is 12.1 Å². The molecule has 0 saturated carbocycles. The molecule has 8 heteroatoms. The molecule has 162 valence electrons. The van der Waals surface area contributed by atoms with Crippen LogP contribution in [0.25, 0.3) is 22.8 Å². The third-order valence-corrected chi connectivity index (χ3v) is 5.73. The molecule has 1 aliphatic rings. The summed E-state index contributed by atoms with van der Waals surface area (Å²) in [4.78, 5) is 13.4. The summed E-state index contributed by atoms with van der Waals surface area (Å²) in [5.74, 6) is 1.30. The third kappa shape index (κ3) is 4.10. The summed E-state index contributed by atoms with van der Waals surface area (Å²) < 4.78 is 5.09. The molecule has 1 atom stereocenters. The van der Waals surface area contributed by atoms with Crippen molar-refractivity contribution in [3.63, 3.8) is 0 Å². The number of nitrogens with zero attached hydrogens (tertiary/aromatic N) is 4. The van der Waals surface area contributed by atoms with Gasteiger partial charge in [-0.2, -0.15) is 5.10 Å². The monoisotopic (exact) mass is 427 g/mol. The first-order chi connectivity index (χ1) is 15.7. The number of rotatable bonds is 7. The standard InChI is InChI=1S/C24H25N7O/c1-32-14-21-29-24(31-30-21)22-23(25)27-13-20(28-22)17-7-4-5-15(11-17)12-26-19-10-9-16-6-2-3-8-18(16)19/h2-8,11,13,19,26H,9-10,12,14H2,1H3,(H2,25,27)(H,29,30,31)/t19-/m0/s1. The molecule has 0 spiro atoms. The fraction of sp³-hybridized carbons (Fsp3) is 0.250. The van der Waals surface area contributed by atoms with Gasteiger partial charge >= 0.3 is 0 Å². The maximum absolute atomic E-state index is 6.06. The van der Waals surface area contributed by atoms with Crippen molar-refractivity contribution in [1.29, 1.82) is 0 Å².